The SMILES string of the molecule is CCCn1cc(Br)cc1C(=O)N1CCNCC1C(=O)NC. The fraction of sp³-hybridized carbons (Fsp3) is 0.571. The average Bonchev–Trinajstić information content (AvgIpc) is 2.87. The Kier molecular flexibility index (Phi) is 5.41. The van der Waals surface area contributed by atoms with Crippen LogP contribution in [0.2, 0.25) is 0 Å². The number of hydrogen-bond acceptors (Lipinski definition) is 3. The molecule has 1 aliphatic heterocycles. The van der Waals surface area contributed by atoms with E-state index in [2.05, 4.69) is 33.5 Å². The van der Waals surface area contributed by atoms with Gasteiger partial charge in [-0.2, -0.15) is 0 Å². The van der Waals surface area contributed by atoms with Gasteiger partial charge in [-0.3, -0.25) is 9.59 Å². The molecular formula is C14H21BrN4O2. The lowest BCUT2D eigenvalue weighted by Crippen LogP contribution is -2.59. The normalized spacial score (nSPS) is 18.6. The fourth-order valence-corrected chi connectivity index (χ4v) is 3.04. The first-order valence-corrected chi connectivity index (χ1v) is 7.96. The molecule has 0 saturated carbocycles. The highest BCUT2D eigenvalue weighted by Gasteiger charge is 2.33. The smallest absolute Gasteiger partial charge is 0.271 e. The highest BCUT2D eigenvalue weighted by atomic mass is 79.9. The molecule has 1 aromatic rings. The number of carbonyl (C=O) groups excluding carboxylic acids is 2. The standard InChI is InChI=1S/C14H21BrN4O2/c1-3-5-18-9-10(15)7-11(18)14(21)19-6-4-17-8-12(19)13(20)16-2/h7,9,12,17H,3-6,8H2,1-2H3,(H,16,20). The van der Waals surface area contributed by atoms with Crippen LogP contribution in [0, 0.1) is 0 Å². The zero-order valence-corrected chi connectivity index (χ0v) is 13.9. The molecule has 1 atom stereocenters. The van der Waals surface area contributed by atoms with Gasteiger partial charge in [0.1, 0.15) is 11.7 Å². The molecule has 1 fully saturated rings. The Balaban J connectivity index is 2.26. The van der Waals surface area contributed by atoms with E-state index in [0.717, 1.165) is 17.4 Å². The summed E-state index contributed by atoms with van der Waals surface area (Å²) >= 11 is 3.42. The second kappa shape index (κ2) is 7.09. The van der Waals surface area contributed by atoms with Gasteiger partial charge >= 0.3 is 0 Å². The maximum absolute atomic E-state index is 12.8. The number of carbonyl (C=O) groups is 2. The van der Waals surface area contributed by atoms with Crippen molar-refractivity contribution in [1.29, 1.82) is 0 Å². The van der Waals surface area contributed by atoms with E-state index in [4.69, 9.17) is 0 Å². The molecule has 2 N–H and O–H groups in total. The molecule has 0 aromatic carbocycles. The van der Waals surface area contributed by atoms with Crippen molar-refractivity contribution in [3.05, 3.63) is 22.4 Å². The van der Waals surface area contributed by atoms with Crippen LogP contribution >= 0.6 is 15.9 Å². The third-order valence-electron chi connectivity index (χ3n) is 3.60. The van der Waals surface area contributed by atoms with Gasteiger partial charge < -0.3 is 20.1 Å². The molecular weight excluding hydrogens is 336 g/mol. The fourth-order valence-electron chi connectivity index (χ4n) is 2.58. The number of nitrogens with one attached hydrogen (secondary N) is 2. The lowest BCUT2D eigenvalue weighted by atomic mass is 10.1. The third kappa shape index (κ3) is 3.47. The molecule has 2 rings (SSSR count). The molecule has 6 nitrogen and oxygen atoms in total. The minimum atomic E-state index is -0.458. The first kappa shape index (κ1) is 16.0. The quantitative estimate of drug-likeness (QED) is 0.839. The number of aryl methyl sites for hydroxylation is 1. The molecule has 21 heavy (non-hydrogen) atoms. The predicted octanol–water partition coefficient (Wildman–Crippen LogP) is 0.821. The lowest BCUT2D eigenvalue weighted by Gasteiger charge is -2.35. The summed E-state index contributed by atoms with van der Waals surface area (Å²) in [7, 11) is 1.59. The van der Waals surface area contributed by atoms with E-state index in [1.165, 1.54) is 0 Å². The Hall–Kier alpha value is -1.34. The van der Waals surface area contributed by atoms with Crippen molar-refractivity contribution in [3.8, 4) is 0 Å². The minimum Gasteiger partial charge on any atom is -0.357 e. The molecule has 116 valence electrons. The topological polar surface area (TPSA) is 66.4 Å². The van der Waals surface area contributed by atoms with Gasteiger partial charge in [-0.05, 0) is 28.4 Å². The van der Waals surface area contributed by atoms with Crippen molar-refractivity contribution in [2.75, 3.05) is 26.7 Å². The largest absolute Gasteiger partial charge is 0.357 e. The molecule has 0 bridgehead atoms. The number of rotatable bonds is 4. The first-order valence-electron chi connectivity index (χ1n) is 7.17. The first-order chi connectivity index (χ1) is 10.1. The molecule has 1 aliphatic rings. The van der Waals surface area contributed by atoms with Crippen LogP contribution in [0.15, 0.2) is 16.7 Å². The Morgan fingerprint density at radius 1 is 1.52 bits per heavy atom. The zero-order valence-electron chi connectivity index (χ0n) is 12.4. The predicted molar refractivity (Wildman–Crippen MR) is 84.2 cm³/mol. The summed E-state index contributed by atoms with van der Waals surface area (Å²) in [6.45, 7) is 4.57. The van der Waals surface area contributed by atoms with Gasteiger partial charge in [-0.1, -0.05) is 6.92 Å². The van der Waals surface area contributed by atoms with Gasteiger partial charge in [0.15, 0.2) is 0 Å². The Labute approximate surface area is 133 Å². The van der Waals surface area contributed by atoms with Crippen LogP contribution in [0.5, 0.6) is 0 Å². The van der Waals surface area contributed by atoms with E-state index < -0.39 is 6.04 Å². The van der Waals surface area contributed by atoms with Crippen LogP contribution in [0.3, 0.4) is 0 Å². The Morgan fingerprint density at radius 3 is 2.95 bits per heavy atom. The molecule has 1 aromatic heterocycles. The third-order valence-corrected chi connectivity index (χ3v) is 4.03. The van der Waals surface area contributed by atoms with Crippen molar-refractivity contribution < 1.29 is 9.59 Å². The van der Waals surface area contributed by atoms with E-state index >= 15 is 0 Å². The number of halogens is 1. The zero-order chi connectivity index (χ0) is 15.4. The van der Waals surface area contributed by atoms with Gasteiger partial charge in [-0.15, -0.1) is 0 Å². The van der Waals surface area contributed by atoms with Gasteiger partial charge in [0.25, 0.3) is 5.91 Å². The summed E-state index contributed by atoms with van der Waals surface area (Å²) in [4.78, 5) is 26.4. The Bertz CT molecular complexity index is 529. The maximum Gasteiger partial charge on any atom is 0.271 e. The van der Waals surface area contributed by atoms with Crippen LogP contribution in [0.1, 0.15) is 23.8 Å². The summed E-state index contributed by atoms with van der Waals surface area (Å²) in [6, 6.07) is 1.36. The number of hydrogen-bond donors (Lipinski definition) is 2. The number of piperazine rings is 1. The van der Waals surface area contributed by atoms with Gasteiger partial charge in [0.05, 0.1) is 0 Å². The monoisotopic (exact) mass is 356 g/mol. The van der Waals surface area contributed by atoms with E-state index in [-0.39, 0.29) is 11.8 Å². The number of nitrogens with zero attached hydrogens (tertiary/aromatic N) is 2. The maximum atomic E-state index is 12.8. The van der Waals surface area contributed by atoms with Crippen LogP contribution in [0.4, 0.5) is 0 Å². The molecule has 1 saturated heterocycles. The highest BCUT2D eigenvalue weighted by Crippen LogP contribution is 2.19. The Morgan fingerprint density at radius 2 is 2.29 bits per heavy atom. The number of amides is 2. The number of aromatic nitrogens is 1. The van der Waals surface area contributed by atoms with E-state index in [9.17, 15) is 9.59 Å². The summed E-state index contributed by atoms with van der Waals surface area (Å²) in [5, 5.41) is 5.79. The summed E-state index contributed by atoms with van der Waals surface area (Å²) in [5.41, 5.74) is 0.625. The van der Waals surface area contributed by atoms with E-state index in [1.807, 2.05) is 16.8 Å². The van der Waals surface area contributed by atoms with Crippen molar-refractivity contribution in [2.45, 2.75) is 25.9 Å². The van der Waals surface area contributed by atoms with E-state index in [1.54, 1.807) is 11.9 Å². The second-order valence-electron chi connectivity index (χ2n) is 5.07. The minimum absolute atomic E-state index is 0.0933. The van der Waals surface area contributed by atoms with Crippen molar-refractivity contribution in [1.82, 2.24) is 20.1 Å². The average molecular weight is 357 g/mol. The molecule has 0 spiro atoms. The molecule has 2 heterocycles. The van der Waals surface area contributed by atoms with Gasteiger partial charge in [0, 0.05) is 43.9 Å². The van der Waals surface area contributed by atoms with E-state index in [0.29, 0.717) is 25.3 Å². The summed E-state index contributed by atoms with van der Waals surface area (Å²) in [6.07, 6.45) is 2.86. The molecule has 0 aliphatic carbocycles. The van der Waals surface area contributed by atoms with Crippen molar-refractivity contribution in [3.63, 3.8) is 0 Å². The van der Waals surface area contributed by atoms with Crippen molar-refractivity contribution >= 4 is 27.7 Å². The van der Waals surface area contributed by atoms with Crippen LogP contribution in [-0.2, 0) is 11.3 Å². The molecule has 1 unspecified atom stereocenters. The summed E-state index contributed by atoms with van der Waals surface area (Å²) in [5.74, 6) is -0.229. The van der Waals surface area contributed by atoms with Crippen LogP contribution in [0.25, 0.3) is 0 Å². The lowest BCUT2D eigenvalue weighted by molar-refractivity contribution is -0.125. The van der Waals surface area contributed by atoms with Crippen LogP contribution in [-0.4, -0.2) is 54.0 Å². The van der Waals surface area contributed by atoms with Crippen LogP contribution < -0.4 is 10.6 Å². The second-order valence-corrected chi connectivity index (χ2v) is 5.99. The highest BCUT2D eigenvalue weighted by molar-refractivity contribution is 9.10. The number of likely N-dealkylation sites (N-methyl/N-ethyl adjacent to an activating group) is 1. The summed E-state index contributed by atoms with van der Waals surface area (Å²) < 4.78 is 2.82. The molecule has 0 radical (unpaired) electrons. The van der Waals surface area contributed by atoms with Gasteiger partial charge in [0.2, 0.25) is 5.91 Å². The van der Waals surface area contributed by atoms with Gasteiger partial charge in [-0.25, -0.2) is 0 Å². The molecule has 2 amide bonds. The van der Waals surface area contributed by atoms with Crippen molar-refractivity contribution in [2.24, 2.45) is 0 Å². The molecule has 7 heteroatoms.